The maximum absolute atomic E-state index is 11.7. The summed E-state index contributed by atoms with van der Waals surface area (Å²) in [5.74, 6) is -0.256. The van der Waals surface area contributed by atoms with Gasteiger partial charge >= 0.3 is 5.97 Å². The monoisotopic (exact) mass is 574 g/mol. The summed E-state index contributed by atoms with van der Waals surface area (Å²) in [4.78, 5) is 21.5. The van der Waals surface area contributed by atoms with Gasteiger partial charge in [-0.2, -0.15) is 0 Å². The van der Waals surface area contributed by atoms with Crippen LogP contribution in [0.25, 0.3) is 28.2 Å². The van der Waals surface area contributed by atoms with E-state index in [1.165, 1.54) is 23.4 Å². The number of likely N-dealkylation sites (N-methyl/N-ethyl adjacent to an activating group) is 1. The van der Waals surface area contributed by atoms with E-state index in [-0.39, 0.29) is 17.5 Å². The molecular formula is C35H50N4O3. The van der Waals surface area contributed by atoms with Gasteiger partial charge in [0.05, 0.1) is 36.0 Å². The smallest absolute Gasteiger partial charge is 0.302 e. The second-order valence-electron chi connectivity index (χ2n) is 11.9. The SMILES string of the molecule is C=CC.C=Cc1ccc2c(c1)c(CC(C)(C)COC(C)=O)c(-c1cc(N3CCN(C)CC3)cnc1C(C)OC)n2CC. The number of benzene rings is 1. The number of allylic oxidation sites excluding steroid dienone is 1. The number of nitrogens with zero attached hydrogens (tertiary/aromatic N) is 4. The molecular weight excluding hydrogens is 524 g/mol. The number of carbonyl (C=O) groups is 1. The molecule has 42 heavy (non-hydrogen) atoms. The van der Waals surface area contributed by atoms with Crippen LogP contribution in [-0.2, 0) is 27.2 Å². The van der Waals surface area contributed by atoms with Crippen molar-refractivity contribution in [2.75, 3.05) is 51.8 Å². The Bertz CT molecular complexity index is 1380. The van der Waals surface area contributed by atoms with Crippen LogP contribution in [0, 0.1) is 5.41 Å². The molecule has 0 saturated carbocycles. The minimum atomic E-state index is -0.271. The summed E-state index contributed by atoms with van der Waals surface area (Å²) in [6.07, 6.45) is 6.21. The van der Waals surface area contributed by atoms with Gasteiger partial charge in [-0.3, -0.25) is 9.78 Å². The van der Waals surface area contributed by atoms with E-state index in [9.17, 15) is 4.79 Å². The molecule has 0 bridgehead atoms. The van der Waals surface area contributed by atoms with Gasteiger partial charge in [-0.1, -0.05) is 38.6 Å². The molecule has 0 radical (unpaired) electrons. The van der Waals surface area contributed by atoms with Gasteiger partial charge in [-0.15, -0.1) is 6.58 Å². The first-order valence-electron chi connectivity index (χ1n) is 14.9. The minimum Gasteiger partial charge on any atom is -0.465 e. The van der Waals surface area contributed by atoms with Crippen LogP contribution in [0.15, 0.2) is 49.7 Å². The van der Waals surface area contributed by atoms with Crippen LogP contribution >= 0.6 is 0 Å². The molecule has 3 heterocycles. The molecule has 7 nitrogen and oxygen atoms in total. The number of pyridine rings is 1. The van der Waals surface area contributed by atoms with Crippen LogP contribution in [0.1, 0.15) is 64.5 Å². The molecule has 1 fully saturated rings. The summed E-state index contributed by atoms with van der Waals surface area (Å²) in [6.45, 7) is 24.4. The molecule has 0 aliphatic carbocycles. The summed E-state index contributed by atoms with van der Waals surface area (Å²) in [6, 6.07) is 8.85. The van der Waals surface area contributed by atoms with E-state index < -0.39 is 0 Å². The van der Waals surface area contributed by atoms with Crippen LogP contribution in [0.5, 0.6) is 0 Å². The van der Waals surface area contributed by atoms with Crippen molar-refractivity contribution in [3.8, 4) is 11.3 Å². The van der Waals surface area contributed by atoms with Gasteiger partial charge in [-0.25, -0.2) is 0 Å². The van der Waals surface area contributed by atoms with Crippen molar-refractivity contribution < 1.29 is 14.3 Å². The van der Waals surface area contributed by atoms with Crippen LogP contribution in [0.4, 0.5) is 5.69 Å². The summed E-state index contributed by atoms with van der Waals surface area (Å²) < 4.78 is 13.7. The van der Waals surface area contributed by atoms with Crippen molar-refractivity contribution in [2.45, 2.75) is 60.6 Å². The summed E-state index contributed by atoms with van der Waals surface area (Å²) in [5.41, 5.74) is 7.53. The molecule has 0 spiro atoms. The van der Waals surface area contributed by atoms with Crippen molar-refractivity contribution >= 4 is 28.6 Å². The Kier molecular flexibility index (Phi) is 11.5. The van der Waals surface area contributed by atoms with Crippen molar-refractivity contribution in [2.24, 2.45) is 5.41 Å². The fraction of sp³-hybridized carbons (Fsp3) is 0.486. The Morgan fingerprint density at radius 1 is 1.17 bits per heavy atom. The number of anilines is 1. The van der Waals surface area contributed by atoms with Crippen molar-refractivity contribution in [3.63, 3.8) is 0 Å². The number of aromatic nitrogens is 2. The molecule has 1 atom stereocenters. The predicted molar refractivity (Wildman–Crippen MR) is 176 cm³/mol. The highest BCUT2D eigenvalue weighted by molar-refractivity contribution is 5.94. The Hall–Kier alpha value is -3.42. The molecule has 7 heteroatoms. The van der Waals surface area contributed by atoms with Gasteiger partial charge < -0.3 is 23.8 Å². The largest absolute Gasteiger partial charge is 0.465 e. The molecule has 1 unspecified atom stereocenters. The number of methoxy groups -OCH3 is 1. The van der Waals surface area contributed by atoms with E-state index in [1.54, 1.807) is 13.2 Å². The molecule has 4 rings (SSSR count). The third kappa shape index (κ3) is 7.69. The number of hydrogen-bond donors (Lipinski definition) is 0. The lowest BCUT2D eigenvalue weighted by molar-refractivity contribution is -0.143. The van der Waals surface area contributed by atoms with Gasteiger partial charge in [0.15, 0.2) is 0 Å². The average molecular weight is 575 g/mol. The summed E-state index contributed by atoms with van der Waals surface area (Å²) >= 11 is 0. The molecule has 0 N–H and O–H groups in total. The maximum atomic E-state index is 11.7. The quantitative estimate of drug-likeness (QED) is 0.189. The zero-order valence-corrected chi connectivity index (χ0v) is 27.0. The third-order valence-electron chi connectivity index (χ3n) is 7.83. The minimum absolute atomic E-state index is 0.171. The second kappa shape index (κ2) is 14.7. The topological polar surface area (TPSA) is 59.8 Å². The van der Waals surface area contributed by atoms with E-state index in [4.69, 9.17) is 14.5 Å². The molecule has 228 valence electrons. The Morgan fingerprint density at radius 3 is 2.40 bits per heavy atom. The number of fused-ring (bicyclic) bond motifs is 1. The Balaban J connectivity index is 0.00000155. The van der Waals surface area contributed by atoms with Crippen LogP contribution in [-0.4, -0.2) is 67.4 Å². The molecule has 1 aromatic carbocycles. The highest BCUT2D eigenvalue weighted by atomic mass is 16.5. The fourth-order valence-electron chi connectivity index (χ4n) is 5.54. The number of ether oxygens (including phenoxy) is 2. The third-order valence-corrected chi connectivity index (χ3v) is 7.83. The van der Waals surface area contributed by atoms with Crippen LogP contribution in [0.3, 0.4) is 0 Å². The van der Waals surface area contributed by atoms with E-state index in [1.807, 2.05) is 19.2 Å². The Labute approximate surface area is 252 Å². The van der Waals surface area contributed by atoms with E-state index in [0.29, 0.717) is 6.61 Å². The van der Waals surface area contributed by atoms with Crippen LogP contribution in [0.2, 0.25) is 0 Å². The number of rotatable bonds is 10. The first kappa shape index (κ1) is 33.1. The fourth-order valence-corrected chi connectivity index (χ4v) is 5.54. The van der Waals surface area contributed by atoms with Gasteiger partial charge in [0.25, 0.3) is 0 Å². The predicted octanol–water partition coefficient (Wildman–Crippen LogP) is 7.15. The molecule has 1 aliphatic heterocycles. The van der Waals surface area contributed by atoms with Gasteiger partial charge in [-0.05, 0) is 63.6 Å². The molecule has 0 amide bonds. The van der Waals surface area contributed by atoms with Crippen molar-refractivity contribution in [1.29, 1.82) is 0 Å². The number of carbonyl (C=O) groups excluding carboxylic acids is 1. The van der Waals surface area contributed by atoms with Crippen LogP contribution < -0.4 is 4.90 Å². The molecule has 1 saturated heterocycles. The number of esters is 1. The lowest BCUT2D eigenvalue weighted by Gasteiger charge is -2.34. The van der Waals surface area contributed by atoms with Gasteiger partial charge in [0, 0.05) is 68.6 Å². The van der Waals surface area contributed by atoms with Gasteiger partial charge in [0.2, 0.25) is 0 Å². The summed E-state index contributed by atoms with van der Waals surface area (Å²) in [5, 5.41) is 1.20. The molecule has 1 aliphatic rings. The summed E-state index contributed by atoms with van der Waals surface area (Å²) in [7, 11) is 3.91. The highest BCUT2D eigenvalue weighted by Crippen LogP contribution is 2.42. The van der Waals surface area contributed by atoms with E-state index in [2.05, 4.69) is 86.5 Å². The lowest BCUT2D eigenvalue weighted by Crippen LogP contribution is -2.44. The standard InChI is InChI=1S/C32H44N4O3.C3H6/c1-9-24-11-12-29-26(17-24)28(19-32(5,6)21-39-23(4)37)31(36(29)10-2)27-18-25(20-33-30(27)22(3)38-8)35-15-13-34(7)14-16-35;1-3-2/h9,11-12,17-18,20,22H,1,10,13-16,19,21H2,2-8H3;3H,1H2,2H3. The first-order chi connectivity index (χ1) is 20.0. The first-order valence-corrected chi connectivity index (χ1v) is 14.9. The normalized spacial score (nSPS) is 14.7. The maximum Gasteiger partial charge on any atom is 0.302 e. The van der Waals surface area contributed by atoms with E-state index >= 15 is 0 Å². The van der Waals surface area contributed by atoms with E-state index in [0.717, 1.165) is 67.3 Å². The second-order valence-corrected chi connectivity index (χ2v) is 11.9. The molecule has 3 aromatic rings. The number of aryl methyl sites for hydroxylation is 1. The zero-order chi connectivity index (χ0) is 31.0. The lowest BCUT2D eigenvalue weighted by atomic mass is 9.84. The van der Waals surface area contributed by atoms with Crippen molar-refractivity contribution in [1.82, 2.24) is 14.5 Å². The zero-order valence-electron chi connectivity index (χ0n) is 27.0. The van der Waals surface area contributed by atoms with Gasteiger partial charge in [0.1, 0.15) is 0 Å². The number of piperazine rings is 1. The van der Waals surface area contributed by atoms with Crippen molar-refractivity contribution in [3.05, 3.63) is 66.5 Å². The number of hydrogen-bond acceptors (Lipinski definition) is 6. The average Bonchev–Trinajstić information content (AvgIpc) is 3.27. The highest BCUT2D eigenvalue weighted by Gasteiger charge is 2.29. The molecule has 2 aromatic heterocycles. The Morgan fingerprint density at radius 2 is 1.83 bits per heavy atom.